The Labute approximate surface area is 108 Å². The van der Waals surface area contributed by atoms with Gasteiger partial charge in [0.1, 0.15) is 18.8 Å². The Hall–Kier alpha value is -1.34. The van der Waals surface area contributed by atoms with E-state index in [0.717, 1.165) is 0 Å². The van der Waals surface area contributed by atoms with Crippen LogP contribution in [0.25, 0.3) is 0 Å². The molecule has 0 bridgehead atoms. The van der Waals surface area contributed by atoms with Gasteiger partial charge in [-0.1, -0.05) is 20.8 Å². The van der Waals surface area contributed by atoms with Crippen LogP contribution in [0.4, 0.5) is 4.79 Å². The van der Waals surface area contributed by atoms with Crippen LogP contribution in [-0.4, -0.2) is 54.6 Å². The van der Waals surface area contributed by atoms with Crippen molar-refractivity contribution in [3.05, 3.63) is 0 Å². The number of ether oxygens (including phenoxy) is 1. The lowest BCUT2D eigenvalue weighted by molar-refractivity contribution is -0.122. The monoisotopic (exact) mass is 264 g/mol. The fraction of sp³-hybridized carbons (Fsp3) is 0.818. The first-order valence-corrected chi connectivity index (χ1v) is 5.98. The Morgan fingerprint density at radius 2 is 1.89 bits per heavy atom. The minimum atomic E-state index is -1.11. The molecule has 18 heavy (non-hydrogen) atoms. The number of aliphatic hydroxyl groups excluding tert-OH is 2. The van der Waals surface area contributed by atoms with Crippen molar-refractivity contribution >= 4 is 12.0 Å². The van der Waals surface area contributed by atoms with Crippen molar-refractivity contribution in [3.63, 3.8) is 0 Å². The van der Waals surface area contributed by atoms with Gasteiger partial charge in [-0.2, -0.15) is 0 Å². The van der Waals surface area contributed by atoms with E-state index >= 15 is 0 Å². The molecule has 0 aromatic heterocycles. The molecule has 7 heteroatoms. The fourth-order valence-electron chi connectivity index (χ4n) is 0.936. The lowest BCUT2D eigenvalue weighted by Gasteiger charge is -2.15. The molecule has 2 amide bonds. The summed E-state index contributed by atoms with van der Waals surface area (Å²) in [5.74, 6) is -0.317. The SMILES string of the molecule is CC.CCC(NC(=O)OCC(O)CO)C(=O)NC. The van der Waals surface area contributed by atoms with Gasteiger partial charge in [-0.05, 0) is 6.42 Å². The van der Waals surface area contributed by atoms with Gasteiger partial charge in [-0.3, -0.25) is 4.79 Å². The van der Waals surface area contributed by atoms with Crippen LogP contribution in [0, 0.1) is 0 Å². The molecule has 0 rings (SSSR count). The van der Waals surface area contributed by atoms with E-state index in [0.29, 0.717) is 6.42 Å². The molecule has 0 aromatic rings. The third kappa shape index (κ3) is 8.77. The molecule has 0 aliphatic rings. The molecule has 2 unspecified atom stereocenters. The molecule has 0 aliphatic heterocycles. The second kappa shape index (κ2) is 12.1. The van der Waals surface area contributed by atoms with E-state index in [1.54, 1.807) is 6.92 Å². The average Bonchev–Trinajstić information content (AvgIpc) is 2.43. The molecule has 0 radical (unpaired) electrons. The number of carbonyl (C=O) groups is 2. The topological polar surface area (TPSA) is 108 Å². The van der Waals surface area contributed by atoms with Crippen molar-refractivity contribution in [2.45, 2.75) is 39.3 Å². The van der Waals surface area contributed by atoms with Crippen LogP contribution in [0.3, 0.4) is 0 Å². The standard InChI is InChI=1S/C9H18N2O5.C2H6/c1-3-7(8(14)10-2)11-9(15)16-5-6(13)4-12;1-2/h6-7,12-13H,3-5H2,1-2H3,(H,10,14)(H,11,15);1-2H3. The van der Waals surface area contributed by atoms with Crippen molar-refractivity contribution in [3.8, 4) is 0 Å². The summed E-state index contributed by atoms with van der Waals surface area (Å²) in [5, 5.41) is 22.1. The van der Waals surface area contributed by atoms with Gasteiger partial charge >= 0.3 is 6.09 Å². The third-order valence-electron chi connectivity index (χ3n) is 1.88. The number of rotatable bonds is 6. The third-order valence-corrected chi connectivity index (χ3v) is 1.88. The molecule has 2 atom stereocenters. The van der Waals surface area contributed by atoms with Crippen LogP contribution in [0.1, 0.15) is 27.2 Å². The molecule has 0 aliphatic carbocycles. The summed E-state index contributed by atoms with van der Waals surface area (Å²) in [6.07, 6.45) is -1.48. The second-order valence-electron chi connectivity index (χ2n) is 3.15. The fourth-order valence-corrected chi connectivity index (χ4v) is 0.936. The summed E-state index contributed by atoms with van der Waals surface area (Å²) in [6.45, 7) is 4.94. The number of hydrogen-bond acceptors (Lipinski definition) is 5. The van der Waals surface area contributed by atoms with Crippen LogP contribution in [-0.2, 0) is 9.53 Å². The molecule has 108 valence electrons. The van der Waals surface area contributed by atoms with E-state index in [1.807, 2.05) is 13.8 Å². The van der Waals surface area contributed by atoms with Crippen molar-refractivity contribution in [1.82, 2.24) is 10.6 Å². The maximum absolute atomic E-state index is 11.2. The summed E-state index contributed by atoms with van der Waals surface area (Å²) in [4.78, 5) is 22.3. The summed E-state index contributed by atoms with van der Waals surface area (Å²) in [7, 11) is 1.47. The number of hydrogen-bond donors (Lipinski definition) is 4. The average molecular weight is 264 g/mol. The van der Waals surface area contributed by atoms with Crippen molar-refractivity contribution < 1.29 is 24.5 Å². The highest BCUT2D eigenvalue weighted by Crippen LogP contribution is 1.93. The molecule has 4 N–H and O–H groups in total. The molecular formula is C11H24N2O5. The summed E-state index contributed by atoms with van der Waals surface area (Å²) >= 11 is 0. The number of carbonyl (C=O) groups excluding carboxylic acids is 2. The minimum Gasteiger partial charge on any atom is -0.447 e. The molecule has 0 fully saturated rings. The largest absolute Gasteiger partial charge is 0.447 e. The maximum Gasteiger partial charge on any atom is 0.407 e. The zero-order valence-corrected chi connectivity index (χ0v) is 11.4. The number of aliphatic hydroxyl groups is 2. The van der Waals surface area contributed by atoms with Crippen LogP contribution < -0.4 is 10.6 Å². The van der Waals surface area contributed by atoms with Gasteiger partial charge < -0.3 is 25.6 Å². The molecule has 0 aromatic carbocycles. The molecular weight excluding hydrogens is 240 g/mol. The van der Waals surface area contributed by atoms with E-state index in [2.05, 4.69) is 15.4 Å². The Morgan fingerprint density at radius 1 is 1.33 bits per heavy atom. The van der Waals surface area contributed by atoms with Gasteiger partial charge in [0.15, 0.2) is 0 Å². The Balaban J connectivity index is 0. The first kappa shape index (κ1) is 19.0. The van der Waals surface area contributed by atoms with Gasteiger partial charge in [0.25, 0.3) is 0 Å². The maximum atomic E-state index is 11.2. The number of likely N-dealkylation sites (N-methyl/N-ethyl adjacent to an activating group) is 1. The second-order valence-corrected chi connectivity index (χ2v) is 3.15. The number of nitrogens with one attached hydrogen (secondary N) is 2. The van der Waals surface area contributed by atoms with Crippen LogP contribution in [0.15, 0.2) is 0 Å². The predicted molar refractivity (Wildman–Crippen MR) is 67.1 cm³/mol. The molecule has 0 spiro atoms. The summed E-state index contributed by atoms with van der Waals surface area (Å²) in [5.41, 5.74) is 0. The van der Waals surface area contributed by atoms with Gasteiger partial charge in [0, 0.05) is 7.05 Å². The van der Waals surface area contributed by atoms with E-state index in [4.69, 9.17) is 10.2 Å². The van der Waals surface area contributed by atoms with E-state index in [-0.39, 0.29) is 12.5 Å². The van der Waals surface area contributed by atoms with E-state index in [9.17, 15) is 9.59 Å². The highest BCUT2D eigenvalue weighted by Gasteiger charge is 2.18. The first-order chi connectivity index (χ1) is 8.54. The molecule has 0 saturated carbocycles. The lowest BCUT2D eigenvalue weighted by atomic mass is 10.2. The zero-order valence-electron chi connectivity index (χ0n) is 11.4. The Kier molecular flexibility index (Phi) is 12.8. The highest BCUT2D eigenvalue weighted by molar-refractivity contribution is 5.85. The predicted octanol–water partition coefficient (Wildman–Crippen LogP) is -0.383. The van der Waals surface area contributed by atoms with Crippen LogP contribution in [0.2, 0.25) is 0 Å². The quantitative estimate of drug-likeness (QED) is 0.523. The minimum absolute atomic E-state index is 0.313. The van der Waals surface area contributed by atoms with Crippen molar-refractivity contribution in [2.75, 3.05) is 20.3 Å². The zero-order chi connectivity index (χ0) is 14.6. The van der Waals surface area contributed by atoms with E-state index in [1.165, 1.54) is 7.05 Å². The van der Waals surface area contributed by atoms with Gasteiger partial charge in [-0.25, -0.2) is 4.79 Å². The number of amides is 2. The van der Waals surface area contributed by atoms with Crippen molar-refractivity contribution in [1.29, 1.82) is 0 Å². The van der Waals surface area contributed by atoms with Crippen molar-refractivity contribution in [2.24, 2.45) is 0 Å². The van der Waals surface area contributed by atoms with Crippen LogP contribution in [0.5, 0.6) is 0 Å². The normalized spacial score (nSPS) is 12.6. The summed E-state index contributed by atoms with van der Waals surface area (Å²) in [6, 6.07) is -0.663. The summed E-state index contributed by atoms with van der Waals surface area (Å²) < 4.78 is 4.58. The first-order valence-electron chi connectivity index (χ1n) is 5.98. The van der Waals surface area contributed by atoms with E-state index < -0.39 is 24.8 Å². The molecule has 0 saturated heterocycles. The molecule has 7 nitrogen and oxygen atoms in total. The van der Waals surface area contributed by atoms with Gasteiger partial charge in [-0.15, -0.1) is 0 Å². The highest BCUT2D eigenvalue weighted by atomic mass is 16.6. The van der Waals surface area contributed by atoms with Gasteiger partial charge in [0.05, 0.1) is 6.61 Å². The lowest BCUT2D eigenvalue weighted by Crippen LogP contribution is -2.45. The molecule has 0 heterocycles. The Bertz CT molecular complexity index is 235. The Morgan fingerprint density at radius 3 is 2.28 bits per heavy atom. The van der Waals surface area contributed by atoms with Gasteiger partial charge in [0.2, 0.25) is 5.91 Å². The number of alkyl carbamates (subject to hydrolysis) is 1. The smallest absolute Gasteiger partial charge is 0.407 e. The van der Waals surface area contributed by atoms with Crippen LogP contribution >= 0.6 is 0 Å².